The summed E-state index contributed by atoms with van der Waals surface area (Å²) in [5.74, 6) is 0. The SMILES string of the molecule is CCc1cc(C2(C(C)O)CC2)ccc1Cl. The predicted octanol–water partition coefficient (Wildman–Crippen LogP) is 3.31. The van der Waals surface area contributed by atoms with Gasteiger partial charge in [-0.15, -0.1) is 0 Å². The first-order valence-corrected chi connectivity index (χ1v) is 5.95. The van der Waals surface area contributed by atoms with Crippen LogP contribution in [0.1, 0.15) is 37.8 Å². The molecule has 0 amide bonds. The highest BCUT2D eigenvalue weighted by atomic mass is 35.5. The zero-order chi connectivity index (χ0) is 11.1. The van der Waals surface area contributed by atoms with Crippen LogP contribution in [0, 0.1) is 0 Å². The second kappa shape index (κ2) is 3.80. The summed E-state index contributed by atoms with van der Waals surface area (Å²) in [7, 11) is 0. The van der Waals surface area contributed by atoms with Gasteiger partial charge in [-0.2, -0.15) is 0 Å². The zero-order valence-electron chi connectivity index (χ0n) is 9.26. The molecule has 15 heavy (non-hydrogen) atoms. The summed E-state index contributed by atoms with van der Waals surface area (Å²) in [6.07, 6.45) is 2.87. The van der Waals surface area contributed by atoms with E-state index in [1.807, 2.05) is 13.0 Å². The highest BCUT2D eigenvalue weighted by Crippen LogP contribution is 2.51. The molecule has 2 heteroatoms. The lowest BCUT2D eigenvalue weighted by Gasteiger charge is -2.20. The molecule has 1 aliphatic carbocycles. The molecule has 0 heterocycles. The van der Waals surface area contributed by atoms with Crippen molar-refractivity contribution in [3.8, 4) is 0 Å². The van der Waals surface area contributed by atoms with Gasteiger partial charge in [0.2, 0.25) is 0 Å². The molecule has 0 spiro atoms. The number of rotatable bonds is 3. The minimum Gasteiger partial charge on any atom is -0.392 e. The molecule has 1 nitrogen and oxygen atoms in total. The van der Waals surface area contributed by atoms with Crippen molar-refractivity contribution in [2.24, 2.45) is 0 Å². The van der Waals surface area contributed by atoms with Crippen molar-refractivity contribution < 1.29 is 5.11 Å². The second-order valence-electron chi connectivity index (χ2n) is 4.49. The quantitative estimate of drug-likeness (QED) is 0.835. The maximum Gasteiger partial charge on any atom is 0.0608 e. The van der Waals surface area contributed by atoms with Crippen molar-refractivity contribution in [1.82, 2.24) is 0 Å². The van der Waals surface area contributed by atoms with E-state index in [2.05, 4.69) is 19.1 Å². The Labute approximate surface area is 96.1 Å². The van der Waals surface area contributed by atoms with Crippen molar-refractivity contribution >= 4 is 11.6 Å². The van der Waals surface area contributed by atoms with Crippen molar-refractivity contribution in [3.63, 3.8) is 0 Å². The third-order valence-corrected chi connectivity index (χ3v) is 3.96. The third-order valence-electron chi connectivity index (χ3n) is 3.59. The first-order valence-electron chi connectivity index (χ1n) is 5.57. The summed E-state index contributed by atoms with van der Waals surface area (Å²) in [6, 6.07) is 6.17. The van der Waals surface area contributed by atoms with E-state index in [0.717, 1.165) is 24.3 Å². The van der Waals surface area contributed by atoms with Gasteiger partial charge in [-0.25, -0.2) is 0 Å². The van der Waals surface area contributed by atoms with Crippen LogP contribution in [0.4, 0.5) is 0 Å². The van der Waals surface area contributed by atoms with Gasteiger partial charge in [-0.05, 0) is 43.4 Å². The van der Waals surface area contributed by atoms with Crippen LogP contribution in [0.3, 0.4) is 0 Å². The molecule has 1 N–H and O–H groups in total. The maximum absolute atomic E-state index is 9.80. The van der Waals surface area contributed by atoms with E-state index in [0.29, 0.717) is 0 Å². The summed E-state index contributed by atoms with van der Waals surface area (Å²) < 4.78 is 0. The monoisotopic (exact) mass is 224 g/mol. The lowest BCUT2D eigenvalue weighted by molar-refractivity contribution is 0.150. The molecule has 1 aliphatic rings. The molecule has 2 rings (SSSR count). The van der Waals surface area contributed by atoms with Crippen LogP contribution in [0.25, 0.3) is 0 Å². The highest BCUT2D eigenvalue weighted by Gasteiger charge is 2.48. The fourth-order valence-electron chi connectivity index (χ4n) is 2.24. The lowest BCUT2D eigenvalue weighted by Crippen LogP contribution is -2.22. The predicted molar refractivity (Wildman–Crippen MR) is 63.4 cm³/mol. The minimum absolute atomic E-state index is 0.0223. The highest BCUT2D eigenvalue weighted by molar-refractivity contribution is 6.31. The molecule has 1 saturated carbocycles. The topological polar surface area (TPSA) is 20.2 Å². The molecule has 0 saturated heterocycles. The van der Waals surface area contributed by atoms with Crippen molar-refractivity contribution in [2.45, 2.75) is 44.6 Å². The molecule has 0 bridgehead atoms. The normalized spacial score (nSPS) is 20.0. The van der Waals surface area contributed by atoms with E-state index in [4.69, 9.17) is 11.6 Å². The van der Waals surface area contributed by atoms with Crippen LogP contribution in [0.2, 0.25) is 5.02 Å². The van der Waals surface area contributed by atoms with E-state index in [-0.39, 0.29) is 11.5 Å². The van der Waals surface area contributed by atoms with Crippen molar-refractivity contribution in [2.75, 3.05) is 0 Å². The van der Waals surface area contributed by atoms with E-state index >= 15 is 0 Å². The number of aryl methyl sites for hydroxylation is 1. The number of hydrogen-bond acceptors (Lipinski definition) is 1. The Bertz CT molecular complexity index is 367. The Morgan fingerprint density at radius 2 is 2.13 bits per heavy atom. The Morgan fingerprint density at radius 3 is 2.60 bits per heavy atom. The van der Waals surface area contributed by atoms with Gasteiger partial charge in [0, 0.05) is 10.4 Å². The molecular weight excluding hydrogens is 208 g/mol. The minimum atomic E-state index is -0.261. The van der Waals surface area contributed by atoms with E-state index < -0.39 is 0 Å². The summed E-state index contributed by atoms with van der Waals surface area (Å²) in [4.78, 5) is 0. The molecule has 1 unspecified atom stereocenters. The van der Waals surface area contributed by atoms with Crippen LogP contribution in [0.15, 0.2) is 18.2 Å². The molecule has 0 aliphatic heterocycles. The molecule has 82 valence electrons. The molecule has 0 radical (unpaired) electrons. The van der Waals surface area contributed by atoms with Gasteiger partial charge in [-0.3, -0.25) is 0 Å². The van der Waals surface area contributed by atoms with Gasteiger partial charge in [0.25, 0.3) is 0 Å². The number of halogens is 1. The fourth-order valence-corrected chi connectivity index (χ4v) is 2.49. The zero-order valence-corrected chi connectivity index (χ0v) is 10.0. The number of benzene rings is 1. The van der Waals surface area contributed by atoms with Crippen molar-refractivity contribution in [1.29, 1.82) is 0 Å². The molecular formula is C13H17ClO. The van der Waals surface area contributed by atoms with Crippen LogP contribution in [0.5, 0.6) is 0 Å². The van der Waals surface area contributed by atoms with Gasteiger partial charge in [-0.1, -0.05) is 30.7 Å². The van der Waals surface area contributed by atoms with Crippen LogP contribution in [-0.2, 0) is 11.8 Å². The van der Waals surface area contributed by atoms with Gasteiger partial charge < -0.3 is 5.11 Å². The van der Waals surface area contributed by atoms with Gasteiger partial charge in [0.05, 0.1) is 6.10 Å². The van der Waals surface area contributed by atoms with Crippen LogP contribution >= 0.6 is 11.6 Å². The first kappa shape index (κ1) is 11.0. The Kier molecular flexibility index (Phi) is 2.78. The summed E-state index contributed by atoms with van der Waals surface area (Å²) in [5, 5.41) is 10.6. The maximum atomic E-state index is 9.80. The number of hydrogen-bond donors (Lipinski definition) is 1. The summed E-state index contributed by atoms with van der Waals surface area (Å²) in [5.41, 5.74) is 2.45. The molecule has 1 atom stereocenters. The van der Waals surface area contributed by atoms with E-state index in [9.17, 15) is 5.11 Å². The third kappa shape index (κ3) is 1.79. The summed E-state index contributed by atoms with van der Waals surface area (Å²) >= 11 is 6.08. The molecule has 1 aromatic rings. The van der Waals surface area contributed by atoms with Crippen LogP contribution in [-0.4, -0.2) is 11.2 Å². The lowest BCUT2D eigenvalue weighted by atomic mass is 9.89. The van der Waals surface area contributed by atoms with E-state index in [1.54, 1.807) is 0 Å². The second-order valence-corrected chi connectivity index (χ2v) is 4.90. The van der Waals surface area contributed by atoms with Crippen LogP contribution < -0.4 is 0 Å². The number of aliphatic hydroxyl groups is 1. The Morgan fingerprint density at radius 1 is 1.47 bits per heavy atom. The Balaban J connectivity index is 2.38. The Hall–Kier alpha value is -0.530. The van der Waals surface area contributed by atoms with E-state index in [1.165, 1.54) is 11.1 Å². The van der Waals surface area contributed by atoms with Gasteiger partial charge in [0.15, 0.2) is 0 Å². The molecule has 1 fully saturated rings. The smallest absolute Gasteiger partial charge is 0.0608 e. The largest absolute Gasteiger partial charge is 0.392 e. The average molecular weight is 225 g/mol. The molecule has 1 aromatic carbocycles. The average Bonchev–Trinajstić information content (AvgIpc) is 2.99. The van der Waals surface area contributed by atoms with Crippen molar-refractivity contribution in [3.05, 3.63) is 34.3 Å². The number of aliphatic hydroxyl groups excluding tert-OH is 1. The standard InChI is InChI=1S/C13H17ClO/c1-3-10-8-11(4-5-12(10)14)13(6-7-13)9(2)15/h4-5,8-9,15H,3,6-7H2,1-2H3. The van der Waals surface area contributed by atoms with Gasteiger partial charge >= 0.3 is 0 Å². The first-order chi connectivity index (χ1) is 7.10. The van der Waals surface area contributed by atoms with Gasteiger partial charge in [0.1, 0.15) is 0 Å². The summed E-state index contributed by atoms with van der Waals surface area (Å²) in [6.45, 7) is 3.99. The molecule has 0 aromatic heterocycles. The fraction of sp³-hybridized carbons (Fsp3) is 0.538.